The molecule has 0 saturated heterocycles. The van der Waals surface area contributed by atoms with Crippen LogP contribution in [0, 0.1) is 32.1 Å². The van der Waals surface area contributed by atoms with Gasteiger partial charge in [0.05, 0.1) is 0 Å². The molecule has 0 aliphatic rings. The number of rotatable bonds is 4. The van der Waals surface area contributed by atoms with E-state index < -0.39 is 5.91 Å². The van der Waals surface area contributed by atoms with Crippen molar-refractivity contribution in [2.24, 2.45) is 0 Å². The molecule has 0 saturated carbocycles. The fourth-order valence-electron chi connectivity index (χ4n) is 2.40. The highest BCUT2D eigenvalue weighted by molar-refractivity contribution is 6.07. The summed E-state index contributed by atoms with van der Waals surface area (Å²) in [7, 11) is 0. The van der Waals surface area contributed by atoms with Crippen LogP contribution in [-0.2, 0) is 4.79 Å². The number of hydrogen-bond acceptors (Lipinski definition) is 3. The number of hydrogen-bond donors (Lipinski definition) is 2. The maximum absolute atomic E-state index is 12.3. The first-order valence-corrected chi connectivity index (χ1v) is 7.32. The Morgan fingerprint density at radius 3 is 2.26 bits per heavy atom. The summed E-state index contributed by atoms with van der Waals surface area (Å²) >= 11 is 0. The maximum atomic E-state index is 12.3. The lowest BCUT2D eigenvalue weighted by Crippen LogP contribution is -2.16. The number of anilines is 2. The number of nitriles is 1. The van der Waals surface area contributed by atoms with Crippen molar-refractivity contribution in [2.75, 3.05) is 10.6 Å². The van der Waals surface area contributed by atoms with E-state index in [1.807, 2.05) is 69.3 Å². The standard InChI is InChI=1S/C19H19N3O/c1-13-9-14(2)18(15(3)10-13)22-19(23)16(11-20)12-21-17-7-5-4-6-8-17/h4-10,12,21H,1-3H3,(H,22,23)/b16-12-. The van der Waals surface area contributed by atoms with Crippen LogP contribution in [0.15, 0.2) is 54.2 Å². The fourth-order valence-corrected chi connectivity index (χ4v) is 2.40. The van der Waals surface area contributed by atoms with E-state index in [9.17, 15) is 10.1 Å². The van der Waals surface area contributed by atoms with Crippen molar-refractivity contribution in [2.45, 2.75) is 20.8 Å². The Labute approximate surface area is 136 Å². The summed E-state index contributed by atoms with van der Waals surface area (Å²) in [5.41, 5.74) is 4.68. The molecular weight excluding hydrogens is 286 g/mol. The predicted octanol–water partition coefficient (Wildman–Crippen LogP) is 4.07. The second-order valence-electron chi connectivity index (χ2n) is 5.41. The molecule has 0 spiro atoms. The van der Waals surface area contributed by atoms with Gasteiger partial charge in [-0.2, -0.15) is 5.26 Å². The van der Waals surface area contributed by atoms with Crippen molar-refractivity contribution in [3.05, 3.63) is 70.9 Å². The number of nitrogens with one attached hydrogen (secondary N) is 2. The van der Waals surface area contributed by atoms with Crippen LogP contribution in [0.2, 0.25) is 0 Å². The Kier molecular flexibility index (Phi) is 5.16. The van der Waals surface area contributed by atoms with Gasteiger partial charge in [-0.15, -0.1) is 0 Å². The molecule has 1 amide bonds. The third-order valence-corrected chi connectivity index (χ3v) is 3.44. The van der Waals surface area contributed by atoms with E-state index in [1.54, 1.807) is 0 Å². The Bertz CT molecular complexity index is 763. The molecule has 2 aromatic rings. The van der Waals surface area contributed by atoms with Crippen LogP contribution < -0.4 is 10.6 Å². The van der Waals surface area contributed by atoms with Gasteiger partial charge in [0, 0.05) is 17.6 Å². The molecule has 0 aromatic heterocycles. The molecule has 4 nitrogen and oxygen atoms in total. The molecule has 0 radical (unpaired) electrons. The SMILES string of the molecule is Cc1cc(C)c(NC(=O)/C(C#N)=C\Nc2ccccc2)c(C)c1. The Morgan fingerprint density at radius 2 is 1.70 bits per heavy atom. The van der Waals surface area contributed by atoms with Crippen LogP contribution >= 0.6 is 0 Å². The molecule has 0 aliphatic heterocycles. The summed E-state index contributed by atoms with van der Waals surface area (Å²) in [6.45, 7) is 5.89. The Balaban J connectivity index is 2.17. The van der Waals surface area contributed by atoms with Gasteiger partial charge >= 0.3 is 0 Å². The molecule has 0 bridgehead atoms. The average Bonchev–Trinajstić information content (AvgIpc) is 2.52. The average molecular weight is 305 g/mol. The van der Waals surface area contributed by atoms with Crippen molar-refractivity contribution in [1.82, 2.24) is 0 Å². The first kappa shape index (κ1) is 16.3. The van der Waals surface area contributed by atoms with E-state index in [0.29, 0.717) is 0 Å². The highest BCUT2D eigenvalue weighted by Crippen LogP contribution is 2.22. The zero-order chi connectivity index (χ0) is 16.8. The van der Waals surface area contributed by atoms with Gasteiger partial charge in [0.2, 0.25) is 0 Å². The van der Waals surface area contributed by atoms with E-state index in [0.717, 1.165) is 28.1 Å². The summed E-state index contributed by atoms with van der Waals surface area (Å²) in [4.78, 5) is 12.3. The monoisotopic (exact) mass is 305 g/mol. The first-order chi connectivity index (χ1) is 11.0. The van der Waals surface area contributed by atoms with Crippen molar-refractivity contribution in [1.29, 1.82) is 5.26 Å². The minimum absolute atomic E-state index is 0.0215. The highest BCUT2D eigenvalue weighted by atomic mass is 16.1. The van der Waals surface area contributed by atoms with Crippen LogP contribution in [0.25, 0.3) is 0 Å². The number of benzene rings is 2. The third-order valence-electron chi connectivity index (χ3n) is 3.44. The number of carbonyl (C=O) groups is 1. The van der Waals surface area contributed by atoms with Crippen LogP contribution in [-0.4, -0.2) is 5.91 Å². The van der Waals surface area contributed by atoms with E-state index in [1.165, 1.54) is 6.20 Å². The molecule has 0 fully saturated rings. The van der Waals surface area contributed by atoms with Gasteiger partial charge in [0.1, 0.15) is 11.6 Å². The summed E-state index contributed by atoms with van der Waals surface area (Å²) in [5, 5.41) is 15.0. The smallest absolute Gasteiger partial charge is 0.267 e. The van der Waals surface area contributed by atoms with Gasteiger partial charge in [-0.05, 0) is 44.0 Å². The lowest BCUT2D eigenvalue weighted by molar-refractivity contribution is -0.112. The van der Waals surface area contributed by atoms with Crippen molar-refractivity contribution < 1.29 is 4.79 Å². The van der Waals surface area contributed by atoms with Crippen LogP contribution in [0.3, 0.4) is 0 Å². The van der Waals surface area contributed by atoms with Crippen LogP contribution in [0.4, 0.5) is 11.4 Å². The van der Waals surface area contributed by atoms with Gasteiger partial charge in [-0.3, -0.25) is 4.79 Å². The van der Waals surface area contributed by atoms with Gasteiger partial charge < -0.3 is 10.6 Å². The molecule has 2 aromatic carbocycles. The van der Waals surface area contributed by atoms with Gasteiger partial charge in [-0.25, -0.2) is 0 Å². The Morgan fingerprint density at radius 1 is 1.09 bits per heavy atom. The zero-order valence-corrected chi connectivity index (χ0v) is 13.5. The van der Waals surface area contributed by atoms with Crippen molar-refractivity contribution in [3.63, 3.8) is 0 Å². The topological polar surface area (TPSA) is 64.9 Å². The number of nitrogens with zero attached hydrogens (tertiary/aromatic N) is 1. The molecule has 0 atom stereocenters. The number of para-hydroxylation sites is 1. The Hall–Kier alpha value is -3.06. The fraction of sp³-hybridized carbons (Fsp3) is 0.158. The number of aryl methyl sites for hydroxylation is 3. The van der Waals surface area contributed by atoms with E-state index in [2.05, 4.69) is 10.6 Å². The minimum atomic E-state index is -0.425. The molecule has 0 heterocycles. The van der Waals surface area contributed by atoms with E-state index in [4.69, 9.17) is 0 Å². The molecule has 0 aliphatic carbocycles. The largest absolute Gasteiger partial charge is 0.360 e. The van der Waals surface area contributed by atoms with Crippen molar-refractivity contribution in [3.8, 4) is 6.07 Å². The van der Waals surface area contributed by atoms with Gasteiger partial charge in [-0.1, -0.05) is 35.9 Å². The summed E-state index contributed by atoms with van der Waals surface area (Å²) < 4.78 is 0. The van der Waals surface area contributed by atoms with E-state index in [-0.39, 0.29) is 5.57 Å². The zero-order valence-electron chi connectivity index (χ0n) is 13.5. The summed E-state index contributed by atoms with van der Waals surface area (Å²) in [5.74, 6) is -0.425. The van der Waals surface area contributed by atoms with Crippen molar-refractivity contribution >= 4 is 17.3 Å². The highest BCUT2D eigenvalue weighted by Gasteiger charge is 2.12. The van der Waals surface area contributed by atoms with Gasteiger partial charge in [0.15, 0.2) is 0 Å². The second-order valence-corrected chi connectivity index (χ2v) is 5.41. The first-order valence-electron chi connectivity index (χ1n) is 7.32. The maximum Gasteiger partial charge on any atom is 0.267 e. The predicted molar refractivity (Wildman–Crippen MR) is 93.0 cm³/mol. The minimum Gasteiger partial charge on any atom is -0.360 e. The molecule has 0 unspecified atom stereocenters. The van der Waals surface area contributed by atoms with Crippen LogP contribution in [0.1, 0.15) is 16.7 Å². The van der Waals surface area contributed by atoms with Gasteiger partial charge in [0.25, 0.3) is 5.91 Å². The third kappa shape index (κ3) is 4.21. The molecule has 116 valence electrons. The normalized spacial score (nSPS) is 10.8. The van der Waals surface area contributed by atoms with E-state index >= 15 is 0 Å². The molecule has 4 heteroatoms. The summed E-state index contributed by atoms with van der Waals surface area (Å²) in [6, 6.07) is 15.3. The van der Waals surface area contributed by atoms with Crippen LogP contribution in [0.5, 0.6) is 0 Å². The number of amides is 1. The number of carbonyl (C=O) groups excluding carboxylic acids is 1. The molecule has 23 heavy (non-hydrogen) atoms. The molecule has 2 N–H and O–H groups in total. The lowest BCUT2D eigenvalue weighted by atomic mass is 10.0. The molecular formula is C19H19N3O. The second kappa shape index (κ2) is 7.28. The summed E-state index contributed by atoms with van der Waals surface area (Å²) in [6.07, 6.45) is 1.42. The quantitative estimate of drug-likeness (QED) is 0.661. The lowest BCUT2D eigenvalue weighted by Gasteiger charge is -2.12. The molecule has 2 rings (SSSR count).